The minimum atomic E-state index is -4.69. The Labute approximate surface area is 246 Å². The van der Waals surface area contributed by atoms with Crippen molar-refractivity contribution in [2.24, 2.45) is 28.6 Å². The van der Waals surface area contributed by atoms with Crippen molar-refractivity contribution >= 4 is 17.3 Å². The molecule has 42 heavy (non-hydrogen) atoms. The van der Waals surface area contributed by atoms with Crippen LogP contribution in [0.1, 0.15) is 76.7 Å². The van der Waals surface area contributed by atoms with Crippen LogP contribution < -0.4 is 4.90 Å². The quantitative estimate of drug-likeness (QED) is 0.346. The SMILES string of the molecule is COCC(=O)[C@@]1(C#CC(F)(F)F)CC[C@H]2[C@@H]3CC(C)C4=CC(=O)CCC4=C3C(c3ccc(N4CCCC4)cc3)C[C@@]21C. The molecule has 5 aliphatic rings. The predicted molar refractivity (Wildman–Crippen MR) is 156 cm³/mol. The molecule has 1 aliphatic heterocycles. The number of hydrogen-bond acceptors (Lipinski definition) is 4. The molecule has 224 valence electrons. The molecule has 1 saturated heterocycles. The second kappa shape index (κ2) is 10.7. The third kappa shape index (κ3) is 4.75. The number of hydrogen-bond donors (Lipinski definition) is 0. The molecule has 3 fully saturated rings. The highest BCUT2D eigenvalue weighted by molar-refractivity contribution is 5.93. The normalized spacial score (nSPS) is 34.3. The Morgan fingerprint density at radius 1 is 1.14 bits per heavy atom. The molecule has 4 aliphatic carbocycles. The monoisotopic (exact) mass is 579 g/mol. The predicted octanol–water partition coefficient (Wildman–Crippen LogP) is 7.20. The molecule has 1 heterocycles. The number of Topliss-reactive ketones (excluding diaryl/α,β-unsaturated/α-hetero) is 1. The van der Waals surface area contributed by atoms with Crippen LogP contribution >= 0.6 is 0 Å². The number of allylic oxidation sites excluding steroid dienone is 4. The maximum absolute atomic E-state index is 13.8. The van der Waals surface area contributed by atoms with Crippen LogP contribution in [-0.4, -0.2) is 44.5 Å². The molecular formula is C35H40F3NO3. The van der Waals surface area contributed by atoms with Gasteiger partial charge in [-0.15, -0.1) is 0 Å². The van der Waals surface area contributed by atoms with Gasteiger partial charge in [0.1, 0.15) is 6.61 Å². The number of nitrogens with zero attached hydrogens (tertiary/aromatic N) is 1. The third-order valence-electron chi connectivity index (χ3n) is 11.2. The number of halogens is 3. The largest absolute Gasteiger partial charge is 0.457 e. The van der Waals surface area contributed by atoms with E-state index in [4.69, 9.17) is 4.74 Å². The summed E-state index contributed by atoms with van der Waals surface area (Å²) in [5.74, 6) is 4.16. The first-order valence-electron chi connectivity index (χ1n) is 15.4. The fourth-order valence-electron chi connectivity index (χ4n) is 9.34. The number of carbonyl (C=O) groups is 2. The summed E-state index contributed by atoms with van der Waals surface area (Å²) in [4.78, 5) is 28.7. The van der Waals surface area contributed by atoms with Gasteiger partial charge in [-0.3, -0.25) is 9.59 Å². The highest BCUT2D eigenvalue weighted by Gasteiger charge is 2.66. The van der Waals surface area contributed by atoms with Crippen molar-refractivity contribution in [1.82, 2.24) is 0 Å². The lowest BCUT2D eigenvalue weighted by Crippen LogP contribution is -2.52. The van der Waals surface area contributed by atoms with Crippen molar-refractivity contribution in [2.45, 2.75) is 77.3 Å². The van der Waals surface area contributed by atoms with E-state index in [-0.39, 0.29) is 41.8 Å². The van der Waals surface area contributed by atoms with Crippen molar-refractivity contribution in [3.05, 3.63) is 52.6 Å². The molecule has 1 aromatic rings. The van der Waals surface area contributed by atoms with E-state index >= 15 is 0 Å². The fourth-order valence-corrected chi connectivity index (χ4v) is 9.34. The molecule has 6 atom stereocenters. The Morgan fingerprint density at radius 2 is 1.86 bits per heavy atom. The second-order valence-electron chi connectivity index (χ2n) is 13.4. The number of rotatable bonds is 5. The molecule has 0 spiro atoms. The highest BCUT2D eigenvalue weighted by Crippen LogP contribution is 2.70. The Hall–Kier alpha value is -2.85. The number of benzene rings is 1. The smallest absolute Gasteiger partial charge is 0.377 e. The molecule has 2 unspecified atom stereocenters. The average Bonchev–Trinajstić information content (AvgIpc) is 3.59. The first-order valence-corrected chi connectivity index (χ1v) is 15.4. The van der Waals surface area contributed by atoms with E-state index in [1.807, 2.05) is 13.0 Å². The molecule has 1 aromatic carbocycles. The van der Waals surface area contributed by atoms with Crippen molar-refractivity contribution in [3.63, 3.8) is 0 Å². The lowest BCUT2D eigenvalue weighted by Gasteiger charge is -2.55. The van der Waals surface area contributed by atoms with Crippen LogP contribution in [0.2, 0.25) is 0 Å². The van der Waals surface area contributed by atoms with E-state index in [0.717, 1.165) is 30.6 Å². The zero-order valence-corrected chi connectivity index (χ0v) is 24.8. The van der Waals surface area contributed by atoms with Gasteiger partial charge in [0.25, 0.3) is 0 Å². The van der Waals surface area contributed by atoms with Crippen molar-refractivity contribution in [3.8, 4) is 11.8 Å². The molecule has 4 nitrogen and oxygen atoms in total. The Bertz CT molecular complexity index is 1390. The summed E-state index contributed by atoms with van der Waals surface area (Å²) in [7, 11) is 1.41. The summed E-state index contributed by atoms with van der Waals surface area (Å²) in [5.41, 5.74) is 3.87. The molecule has 0 radical (unpaired) electrons. The fraction of sp³-hybridized carbons (Fsp3) is 0.600. The van der Waals surface area contributed by atoms with Gasteiger partial charge in [0, 0.05) is 44.1 Å². The summed E-state index contributed by atoms with van der Waals surface area (Å²) in [6, 6.07) is 8.70. The molecule has 2 saturated carbocycles. The molecular weight excluding hydrogens is 539 g/mol. The molecule has 0 amide bonds. The van der Waals surface area contributed by atoms with Gasteiger partial charge in [-0.1, -0.05) is 37.5 Å². The average molecular weight is 580 g/mol. The van der Waals surface area contributed by atoms with Crippen LogP contribution in [0.4, 0.5) is 18.9 Å². The van der Waals surface area contributed by atoms with E-state index in [2.05, 4.69) is 42.0 Å². The summed E-state index contributed by atoms with van der Waals surface area (Å²) in [6.45, 7) is 6.02. The molecule has 0 aromatic heterocycles. The Morgan fingerprint density at radius 3 is 2.52 bits per heavy atom. The zero-order valence-electron chi connectivity index (χ0n) is 24.8. The van der Waals surface area contributed by atoms with Gasteiger partial charge >= 0.3 is 6.18 Å². The van der Waals surface area contributed by atoms with E-state index in [0.29, 0.717) is 32.1 Å². The highest BCUT2D eigenvalue weighted by atomic mass is 19.4. The van der Waals surface area contributed by atoms with Gasteiger partial charge in [-0.2, -0.15) is 13.2 Å². The Kier molecular flexibility index (Phi) is 7.45. The minimum Gasteiger partial charge on any atom is -0.377 e. The van der Waals surface area contributed by atoms with Crippen LogP contribution in [0.15, 0.2) is 47.1 Å². The van der Waals surface area contributed by atoms with Crippen LogP contribution in [0.5, 0.6) is 0 Å². The van der Waals surface area contributed by atoms with Gasteiger partial charge < -0.3 is 9.64 Å². The molecule has 0 N–H and O–H groups in total. The first-order chi connectivity index (χ1) is 20.0. The van der Waals surface area contributed by atoms with E-state index in [1.165, 1.54) is 42.7 Å². The second-order valence-corrected chi connectivity index (χ2v) is 13.4. The number of ketones is 2. The van der Waals surface area contributed by atoms with Gasteiger partial charge in [0.15, 0.2) is 11.6 Å². The number of methoxy groups -OCH3 is 1. The topological polar surface area (TPSA) is 46.6 Å². The lowest BCUT2D eigenvalue weighted by molar-refractivity contribution is -0.137. The number of carbonyl (C=O) groups excluding carboxylic acids is 2. The molecule has 7 heteroatoms. The summed E-state index contributed by atoms with van der Waals surface area (Å²) < 4.78 is 45.9. The molecule has 6 rings (SSSR count). The van der Waals surface area contributed by atoms with E-state index in [1.54, 1.807) is 0 Å². The van der Waals surface area contributed by atoms with Gasteiger partial charge in [-0.25, -0.2) is 0 Å². The summed E-state index contributed by atoms with van der Waals surface area (Å²) >= 11 is 0. The van der Waals surface area contributed by atoms with Crippen LogP contribution in [0.3, 0.4) is 0 Å². The van der Waals surface area contributed by atoms with Crippen LogP contribution in [0, 0.1) is 40.4 Å². The Balaban J connectivity index is 1.51. The van der Waals surface area contributed by atoms with E-state index in [9.17, 15) is 22.8 Å². The number of ether oxygens (including phenoxy) is 1. The van der Waals surface area contributed by atoms with Crippen molar-refractivity contribution in [2.75, 3.05) is 31.7 Å². The van der Waals surface area contributed by atoms with Crippen molar-refractivity contribution < 1.29 is 27.5 Å². The number of alkyl halides is 3. The first kappa shape index (κ1) is 29.2. The van der Waals surface area contributed by atoms with E-state index < -0.39 is 17.0 Å². The minimum absolute atomic E-state index is 0.0186. The number of anilines is 1. The maximum atomic E-state index is 13.8. The summed E-state index contributed by atoms with van der Waals surface area (Å²) in [5, 5.41) is 0. The van der Waals surface area contributed by atoms with Gasteiger partial charge in [0.2, 0.25) is 0 Å². The summed E-state index contributed by atoms with van der Waals surface area (Å²) in [6.07, 6.45) is 3.01. The molecule has 0 bridgehead atoms. The zero-order chi connectivity index (χ0) is 29.9. The van der Waals surface area contributed by atoms with Gasteiger partial charge in [0.05, 0.1) is 5.41 Å². The standard InChI is InChI=1S/C35H40F3NO3/c1-22-18-28-30-12-13-34(31(41)21-42-3,14-15-35(36,37)38)33(30,2)20-29(32(28)26-11-10-25(40)19-27(22)26)23-6-8-24(9-7-23)39-16-4-5-17-39/h6-9,19,22,28-30H,4-5,10-13,16-18,20-21H2,1-3H3/t22?,28-,29?,30-,33-,34-/m0/s1. The van der Waals surface area contributed by atoms with Gasteiger partial charge in [-0.05, 0) is 103 Å². The van der Waals surface area contributed by atoms with Crippen LogP contribution in [-0.2, 0) is 14.3 Å². The van der Waals surface area contributed by atoms with Crippen molar-refractivity contribution in [1.29, 1.82) is 0 Å². The lowest BCUT2D eigenvalue weighted by atomic mass is 9.47. The van der Waals surface area contributed by atoms with Crippen LogP contribution in [0.25, 0.3) is 0 Å². The third-order valence-corrected chi connectivity index (χ3v) is 11.2. The number of fused-ring (bicyclic) bond motifs is 4. The maximum Gasteiger partial charge on any atom is 0.457 e.